The van der Waals surface area contributed by atoms with Crippen LogP contribution >= 0.6 is 0 Å². The minimum atomic E-state index is -2.71. The van der Waals surface area contributed by atoms with E-state index in [1.807, 2.05) is 54.6 Å². The fraction of sp³-hybridized carbons (Fsp3) is 0.250. The number of aliphatic hydroxyl groups excluding tert-OH is 1. The number of rotatable bonds is 6. The summed E-state index contributed by atoms with van der Waals surface area (Å²) in [5.74, 6) is 0. The molecule has 1 atom stereocenters. The molecule has 1 unspecified atom stereocenters. The quantitative estimate of drug-likeness (QED) is 0.850. The third kappa shape index (κ3) is 4.11. The fourth-order valence-corrected chi connectivity index (χ4v) is 1.90. The van der Waals surface area contributed by atoms with Crippen LogP contribution in [0.15, 0.2) is 54.6 Å². The van der Waals surface area contributed by atoms with Crippen molar-refractivity contribution in [3.05, 3.63) is 60.2 Å². The Balaban J connectivity index is 1.89. The molecule has 2 nitrogen and oxygen atoms in total. The van der Waals surface area contributed by atoms with Gasteiger partial charge in [-0.15, -0.1) is 0 Å². The van der Waals surface area contributed by atoms with Gasteiger partial charge in [0, 0.05) is 13.1 Å². The molecule has 20 heavy (non-hydrogen) atoms. The highest BCUT2D eigenvalue weighted by molar-refractivity contribution is 5.63. The molecule has 0 bridgehead atoms. The molecule has 0 amide bonds. The average Bonchev–Trinajstić information content (AvgIpc) is 2.48. The van der Waals surface area contributed by atoms with E-state index in [1.165, 1.54) is 0 Å². The molecule has 106 valence electrons. The van der Waals surface area contributed by atoms with Crippen molar-refractivity contribution in [2.24, 2.45) is 0 Å². The van der Waals surface area contributed by atoms with Crippen molar-refractivity contribution in [3.63, 3.8) is 0 Å². The number of hydrogen-bond acceptors (Lipinski definition) is 2. The summed E-state index contributed by atoms with van der Waals surface area (Å²) in [7, 11) is 0. The summed E-state index contributed by atoms with van der Waals surface area (Å²) in [6.45, 7) is 0.344. The fourth-order valence-electron chi connectivity index (χ4n) is 1.90. The van der Waals surface area contributed by atoms with E-state index in [-0.39, 0.29) is 6.54 Å². The lowest BCUT2D eigenvalue weighted by Gasteiger charge is -2.11. The molecular weight excluding hydrogens is 260 g/mol. The van der Waals surface area contributed by atoms with Crippen molar-refractivity contribution in [1.82, 2.24) is 5.32 Å². The van der Waals surface area contributed by atoms with Crippen LogP contribution in [-0.4, -0.2) is 24.2 Å². The molecule has 0 aliphatic rings. The lowest BCUT2D eigenvalue weighted by atomic mass is 10.0. The summed E-state index contributed by atoms with van der Waals surface area (Å²) < 4.78 is 24.2. The monoisotopic (exact) mass is 277 g/mol. The van der Waals surface area contributed by atoms with Crippen molar-refractivity contribution in [2.75, 3.05) is 6.54 Å². The van der Waals surface area contributed by atoms with Gasteiger partial charge >= 0.3 is 0 Å². The van der Waals surface area contributed by atoms with Crippen LogP contribution < -0.4 is 5.32 Å². The molecule has 2 aromatic rings. The highest BCUT2D eigenvalue weighted by Crippen LogP contribution is 2.19. The Labute approximate surface area is 117 Å². The van der Waals surface area contributed by atoms with Crippen molar-refractivity contribution in [3.8, 4) is 11.1 Å². The SMILES string of the molecule is OC(CNCc1ccc(-c2ccccc2)cc1)C(F)F. The van der Waals surface area contributed by atoms with E-state index in [2.05, 4.69) is 5.32 Å². The van der Waals surface area contributed by atoms with E-state index in [0.29, 0.717) is 6.54 Å². The van der Waals surface area contributed by atoms with Gasteiger partial charge in [-0.25, -0.2) is 8.78 Å². The second-order valence-electron chi connectivity index (χ2n) is 4.60. The third-order valence-corrected chi connectivity index (χ3v) is 3.03. The Hall–Kier alpha value is -1.78. The predicted octanol–water partition coefficient (Wildman–Crippen LogP) is 3.07. The van der Waals surface area contributed by atoms with Crippen molar-refractivity contribution < 1.29 is 13.9 Å². The van der Waals surface area contributed by atoms with Gasteiger partial charge in [0.1, 0.15) is 6.10 Å². The standard InChI is InChI=1S/C16H17F2NO/c17-16(18)15(20)11-19-10-12-6-8-14(9-7-12)13-4-2-1-3-5-13/h1-9,15-16,19-20H,10-11H2. The Kier molecular flexibility index (Phi) is 5.21. The molecule has 0 fully saturated rings. The summed E-state index contributed by atoms with van der Waals surface area (Å²) >= 11 is 0. The Morgan fingerprint density at radius 1 is 0.900 bits per heavy atom. The molecule has 2 N–H and O–H groups in total. The Morgan fingerprint density at radius 3 is 2.10 bits per heavy atom. The third-order valence-electron chi connectivity index (χ3n) is 3.03. The molecule has 0 aliphatic carbocycles. The second-order valence-corrected chi connectivity index (χ2v) is 4.60. The van der Waals surface area contributed by atoms with E-state index in [1.54, 1.807) is 0 Å². The van der Waals surface area contributed by atoms with Crippen LogP contribution in [0.5, 0.6) is 0 Å². The zero-order valence-electron chi connectivity index (χ0n) is 11.0. The summed E-state index contributed by atoms with van der Waals surface area (Å²) in [5, 5.41) is 11.8. The second kappa shape index (κ2) is 7.12. The largest absolute Gasteiger partial charge is 0.386 e. The first-order chi connectivity index (χ1) is 9.66. The van der Waals surface area contributed by atoms with Gasteiger partial charge in [-0.2, -0.15) is 0 Å². The normalized spacial score (nSPS) is 12.6. The first-order valence-corrected chi connectivity index (χ1v) is 6.48. The molecule has 0 aromatic heterocycles. The van der Waals surface area contributed by atoms with Gasteiger partial charge in [0.05, 0.1) is 0 Å². The van der Waals surface area contributed by atoms with Crippen LogP contribution in [0, 0.1) is 0 Å². The maximum Gasteiger partial charge on any atom is 0.265 e. The number of alkyl halides is 2. The average molecular weight is 277 g/mol. The summed E-state index contributed by atoms with van der Waals surface area (Å²) in [5.41, 5.74) is 3.24. The summed E-state index contributed by atoms with van der Waals surface area (Å²) in [6, 6.07) is 17.9. The van der Waals surface area contributed by atoms with Gasteiger partial charge in [-0.1, -0.05) is 54.6 Å². The number of halogens is 2. The number of aliphatic hydroxyl groups is 1. The van der Waals surface area contributed by atoms with Crippen molar-refractivity contribution in [1.29, 1.82) is 0 Å². The molecule has 0 heterocycles. The van der Waals surface area contributed by atoms with Crippen LogP contribution in [0.2, 0.25) is 0 Å². The maximum absolute atomic E-state index is 12.1. The minimum absolute atomic E-state index is 0.113. The van der Waals surface area contributed by atoms with E-state index >= 15 is 0 Å². The van der Waals surface area contributed by atoms with Gasteiger partial charge in [0.15, 0.2) is 0 Å². The highest BCUT2D eigenvalue weighted by Gasteiger charge is 2.15. The van der Waals surface area contributed by atoms with Gasteiger partial charge in [0.2, 0.25) is 0 Å². The highest BCUT2D eigenvalue weighted by atomic mass is 19.3. The molecule has 0 radical (unpaired) electrons. The predicted molar refractivity (Wildman–Crippen MR) is 75.6 cm³/mol. The topological polar surface area (TPSA) is 32.3 Å². The minimum Gasteiger partial charge on any atom is -0.386 e. The summed E-state index contributed by atoms with van der Waals surface area (Å²) in [6.07, 6.45) is -4.32. The lowest BCUT2D eigenvalue weighted by Crippen LogP contribution is -2.31. The molecular formula is C16H17F2NO. The Morgan fingerprint density at radius 2 is 1.50 bits per heavy atom. The molecule has 0 saturated carbocycles. The number of nitrogens with one attached hydrogen (secondary N) is 1. The van der Waals surface area contributed by atoms with E-state index in [4.69, 9.17) is 5.11 Å². The van der Waals surface area contributed by atoms with Gasteiger partial charge in [-0.05, 0) is 16.7 Å². The Bertz CT molecular complexity index is 514. The molecule has 2 aromatic carbocycles. The van der Waals surface area contributed by atoms with E-state index in [9.17, 15) is 8.78 Å². The van der Waals surface area contributed by atoms with E-state index in [0.717, 1.165) is 16.7 Å². The molecule has 0 aliphatic heterocycles. The number of benzene rings is 2. The van der Waals surface area contributed by atoms with E-state index < -0.39 is 12.5 Å². The van der Waals surface area contributed by atoms with Gasteiger partial charge < -0.3 is 10.4 Å². The first-order valence-electron chi connectivity index (χ1n) is 6.48. The maximum atomic E-state index is 12.1. The molecule has 0 spiro atoms. The smallest absolute Gasteiger partial charge is 0.265 e. The van der Waals surface area contributed by atoms with Crippen LogP contribution in [0.1, 0.15) is 5.56 Å². The number of hydrogen-bond donors (Lipinski definition) is 2. The molecule has 4 heteroatoms. The van der Waals surface area contributed by atoms with Crippen LogP contribution in [0.3, 0.4) is 0 Å². The van der Waals surface area contributed by atoms with Crippen LogP contribution in [0.4, 0.5) is 8.78 Å². The van der Waals surface area contributed by atoms with Gasteiger partial charge in [0.25, 0.3) is 6.43 Å². The van der Waals surface area contributed by atoms with Crippen molar-refractivity contribution >= 4 is 0 Å². The van der Waals surface area contributed by atoms with Crippen LogP contribution in [-0.2, 0) is 6.54 Å². The zero-order valence-corrected chi connectivity index (χ0v) is 11.0. The van der Waals surface area contributed by atoms with Gasteiger partial charge in [-0.3, -0.25) is 0 Å². The van der Waals surface area contributed by atoms with Crippen molar-refractivity contribution in [2.45, 2.75) is 19.1 Å². The molecule has 0 saturated heterocycles. The molecule has 2 rings (SSSR count). The zero-order chi connectivity index (χ0) is 14.4. The first kappa shape index (κ1) is 14.6. The summed E-state index contributed by atoms with van der Waals surface area (Å²) in [4.78, 5) is 0. The van der Waals surface area contributed by atoms with Crippen LogP contribution in [0.25, 0.3) is 11.1 Å². The lowest BCUT2D eigenvalue weighted by molar-refractivity contribution is -0.00340.